The molecular formula is C28H49NO3. The highest BCUT2D eigenvalue weighted by Gasteiger charge is 2.10. The third kappa shape index (κ3) is 16.0. The molecule has 0 fully saturated rings. The van der Waals surface area contributed by atoms with Crippen molar-refractivity contribution in [2.75, 3.05) is 13.1 Å². The number of aromatic hydroxyl groups is 1. The summed E-state index contributed by atoms with van der Waals surface area (Å²) < 4.78 is 0. The minimum Gasteiger partial charge on any atom is -0.508 e. The Hall–Kier alpha value is -1.71. The van der Waals surface area contributed by atoms with Gasteiger partial charge in [-0.3, -0.25) is 0 Å². The van der Waals surface area contributed by atoms with E-state index in [1.807, 2.05) is 12.1 Å². The van der Waals surface area contributed by atoms with Crippen LogP contribution in [0.1, 0.15) is 122 Å². The maximum absolute atomic E-state index is 11.4. The molecule has 0 heterocycles. The van der Waals surface area contributed by atoms with Crippen LogP contribution in [0.25, 0.3) is 0 Å². The largest absolute Gasteiger partial charge is 0.508 e. The second-order valence-electron chi connectivity index (χ2n) is 9.34. The number of hydrogen-bond acceptors (Lipinski definition) is 2. The number of carboxylic acid groups (broad SMARTS) is 1. The van der Waals surface area contributed by atoms with Crippen molar-refractivity contribution < 1.29 is 15.0 Å². The van der Waals surface area contributed by atoms with Crippen LogP contribution in [0.15, 0.2) is 24.3 Å². The topological polar surface area (TPSA) is 60.8 Å². The van der Waals surface area contributed by atoms with Gasteiger partial charge in [-0.2, -0.15) is 0 Å². The van der Waals surface area contributed by atoms with Gasteiger partial charge in [-0.1, -0.05) is 109 Å². The van der Waals surface area contributed by atoms with Crippen molar-refractivity contribution in [2.45, 2.75) is 122 Å². The van der Waals surface area contributed by atoms with Crippen molar-refractivity contribution in [1.29, 1.82) is 0 Å². The Kier molecular flexibility index (Phi) is 17.6. The van der Waals surface area contributed by atoms with Gasteiger partial charge in [0, 0.05) is 13.1 Å². The average molecular weight is 448 g/mol. The third-order valence-corrected chi connectivity index (χ3v) is 6.38. The molecule has 184 valence electrons. The summed E-state index contributed by atoms with van der Waals surface area (Å²) in [5.74, 6) is 0.341. The Morgan fingerprint density at radius 2 is 1.06 bits per heavy atom. The van der Waals surface area contributed by atoms with Crippen LogP contribution >= 0.6 is 0 Å². The Morgan fingerprint density at radius 3 is 1.50 bits per heavy atom. The van der Waals surface area contributed by atoms with Gasteiger partial charge in [0.05, 0.1) is 0 Å². The van der Waals surface area contributed by atoms with E-state index in [0.717, 1.165) is 32.1 Å². The molecule has 1 amide bonds. The number of phenols is 1. The first-order valence-electron chi connectivity index (χ1n) is 13.4. The fraction of sp³-hybridized carbons (Fsp3) is 0.750. The maximum Gasteiger partial charge on any atom is 0.407 e. The van der Waals surface area contributed by atoms with Gasteiger partial charge in [0.15, 0.2) is 0 Å². The number of hydrogen-bond donors (Lipinski definition) is 2. The molecule has 2 N–H and O–H groups in total. The number of benzene rings is 1. The summed E-state index contributed by atoms with van der Waals surface area (Å²) in [5, 5.41) is 18.7. The van der Waals surface area contributed by atoms with E-state index >= 15 is 0 Å². The third-order valence-electron chi connectivity index (χ3n) is 6.38. The lowest BCUT2D eigenvalue weighted by Gasteiger charge is -2.19. The lowest BCUT2D eigenvalue weighted by molar-refractivity contribution is 0.143. The fourth-order valence-electron chi connectivity index (χ4n) is 4.27. The van der Waals surface area contributed by atoms with E-state index in [-0.39, 0.29) is 0 Å². The van der Waals surface area contributed by atoms with E-state index in [1.165, 1.54) is 89.0 Å². The smallest absolute Gasteiger partial charge is 0.407 e. The summed E-state index contributed by atoms with van der Waals surface area (Å²) in [6.07, 6.45) is 21.4. The summed E-state index contributed by atoms with van der Waals surface area (Å²) in [4.78, 5) is 13.1. The molecule has 1 aromatic rings. The first-order valence-corrected chi connectivity index (χ1v) is 13.4. The van der Waals surface area contributed by atoms with Crippen molar-refractivity contribution in [1.82, 2.24) is 4.90 Å². The molecule has 1 rings (SSSR count). The van der Waals surface area contributed by atoms with Crippen molar-refractivity contribution in [3.63, 3.8) is 0 Å². The van der Waals surface area contributed by atoms with Crippen LogP contribution in [0, 0.1) is 0 Å². The molecule has 0 aromatic heterocycles. The van der Waals surface area contributed by atoms with Gasteiger partial charge in [0.2, 0.25) is 0 Å². The van der Waals surface area contributed by atoms with Crippen LogP contribution < -0.4 is 0 Å². The van der Waals surface area contributed by atoms with E-state index in [4.69, 9.17) is 0 Å². The molecule has 0 bridgehead atoms. The first kappa shape index (κ1) is 28.3. The molecule has 0 aliphatic rings. The van der Waals surface area contributed by atoms with E-state index in [9.17, 15) is 15.0 Å². The normalized spacial score (nSPS) is 11.0. The first-order chi connectivity index (χ1) is 15.6. The van der Waals surface area contributed by atoms with Gasteiger partial charge >= 0.3 is 6.09 Å². The maximum atomic E-state index is 11.4. The summed E-state index contributed by atoms with van der Waals surface area (Å²) in [6, 6.07) is 7.55. The van der Waals surface area contributed by atoms with Crippen LogP contribution in [0.3, 0.4) is 0 Å². The minimum atomic E-state index is -0.750. The Labute approximate surface area is 197 Å². The molecular weight excluding hydrogens is 398 g/mol. The molecule has 0 saturated heterocycles. The Morgan fingerprint density at radius 1 is 0.656 bits per heavy atom. The van der Waals surface area contributed by atoms with Gasteiger partial charge in [-0.25, -0.2) is 4.79 Å². The van der Waals surface area contributed by atoms with Crippen molar-refractivity contribution in [3.05, 3.63) is 29.8 Å². The van der Waals surface area contributed by atoms with Crippen molar-refractivity contribution >= 4 is 6.09 Å². The van der Waals surface area contributed by atoms with Crippen LogP contribution in [-0.4, -0.2) is 34.3 Å². The quantitative estimate of drug-likeness (QED) is 0.185. The molecule has 0 saturated carbocycles. The molecule has 0 aliphatic carbocycles. The van der Waals surface area contributed by atoms with E-state index < -0.39 is 6.09 Å². The number of unbranched alkanes of at least 4 members (excludes halogenated alkanes) is 15. The minimum absolute atomic E-state index is 0.341. The molecule has 0 aliphatic heterocycles. The molecule has 4 heteroatoms. The van der Waals surface area contributed by atoms with Crippen molar-refractivity contribution in [3.8, 4) is 5.75 Å². The number of carbonyl (C=O) groups is 1. The van der Waals surface area contributed by atoms with Crippen LogP contribution in [0.2, 0.25) is 0 Å². The number of rotatable bonds is 21. The molecule has 4 nitrogen and oxygen atoms in total. The number of aryl methyl sites for hydroxylation is 1. The second-order valence-corrected chi connectivity index (χ2v) is 9.34. The van der Waals surface area contributed by atoms with Crippen molar-refractivity contribution in [2.24, 2.45) is 0 Å². The lowest BCUT2D eigenvalue weighted by Crippen LogP contribution is -2.31. The average Bonchev–Trinajstić information content (AvgIpc) is 2.78. The summed E-state index contributed by atoms with van der Waals surface area (Å²) >= 11 is 0. The molecule has 32 heavy (non-hydrogen) atoms. The van der Waals surface area contributed by atoms with Gasteiger partial charge in [-0.05, 0) is 43.4 Å². The monoisotopic (exact) mass is 447 g/mol. The zero-order valence-electron chi connectivity index (χ0n) is 20.7. The predicted molar refractivity (Wildman–Crippen MR) is 136 cm³/mol. The number of amides is 1. The molecule has 0 spiro atoms. The van der Waals surface area contributed by atoms with Crippen LogP contribution in [0.5, 0.6) is 5.75 Å². The SMILES string of the molecule is CCCCCCCCCCN(CCCCCCCCCCCc1ccc(O)cc1)C(=O)O. The van der Waals surface area contributed by atoms with Gasteiger partial charge in [0.1, 0.15) is 5.75 Å². The molecule has 1 aromatic carbocycles. The Bertz CT molecular complexity index is 558. The van der Waals surface area contributed by atoms with Crippen LogP contribution in [0.4, 0.5) is 4.79 Å². The zero-order valence-corrected chi connectivity index (χ0v) is 20.7. The second kappa shape index (κ2) is 19.9. The highest BCUT2D eigenvalue weighted by atomic mass is 16.4. The molecule has 0 unspecified atom stereocenters. The van der Waals surface area contributed by atoms with Gasteiger partial charge < -0.3 is 15.1 Å². The van der Waals surface area contributed by atoms with Gasteiger partial charge in [0.25, 0.3) is 0 Å². The Balaban J connectivity index is 1.90. The van der Waals surface area contributed by atoms with Crippen LogP contribution in [-0.2, 0) is 6.42 Å². The summed E-state index contributed by atoms with van der Waals surface area (Å²) in [5.41, 5.74) is 1.31. The lowest BCUT2D eigenvalue weighted by atomic mass is 10.0. The number of nitrogens with zero attached hydrogens (tertiary/aromatic N) is 1. The van der Waals surface area contributed by atoms with E-state index in [2.05, 4.69) is 6.92 Å². The number of phenolic OH excluding ortho intramolecular Hbond substituents is 1. The summed E-state index contributed by atoms with van der Waals surface area (Å²) in [7, 11) is 0. The molecule has 0 atom stereocenters. The summed E-state index contributed by atoms with van der Waals surface area (Å²) in [6.45, 7) is 3.64. The zero-order chi connectivity index (χ0) is 23.3. The predicted octanol–water partition coefficient (Wildman–Crippen LogP) is 8.57. The van der Waals surface area contributed by atoms with E-state index in [1.54, 1.807) is 17.0 Å². The molecule has 0 radical (unpaired) electrons. The highest BCUT2D eigenvalue weighted by Crippen LogP contribution is 2.15. The van der Waals surface area contributed by atoms with Gasteiger partial charge in [-0.15, -0.1) is 0 Å². The standard InChI is InChI=1S/C28H49NO3/c1-2-3-4-5-6-11-14-17-24-29(28(31)32)25-18-15-12-9-7-8-10-13-16-19-26-20-22-27(30)23-21-26/h20-23,30H,2-19,24-25H2,1H3,(H,31,32). The van der Waals surface area contributed by atoms with E-state index in [0.29, 0.717) is 18.8 Å². The fourth-order valence-corrected chi connectivity index (χ4v) is 4.27. The highest BCUT2D eigenvalue weighted by molar-refractivity contribution is 5.64.